The minimum absolute atomic E-state index is 0.160. The lowest BCUT2D eigenvalue weighted by molar-refractivity contribution is 0.475. The van der Waals surface area contributed by atoms with Gasteiger partial charge in [-0.25, -0.2) is 4.98 Å². The van der Waals surface area contributed by atoms with E-state index in [1.54, 1.807) is 29.5 Å². The molecule has 0 amide bonds. The molecule has 27 heavy (non-hydrogen) atoms. The highest BCUT2D eigenvalue weighted by atomic mass is 32.1. The summed E-state index contributed by atoms with van der Waals surface area (Å²) in [5.41, 5.74) is 3.57. The molecule has 5 aromatic rings. The number of rotatable bonds is 3. The lowest BCUT2D eigenvalue weighted by Gasteiger charge is -1.98. The van der Waals surface area contributed by atoms with Gasteiger partial charge in [-0.05, 0) is 42.5 Å². The van der Waals surface area contributed by atoms with Crippen molar-refractivity contribution in [2.45, 2.75) is 0 Å². The molecule has 0 aliphatic heterocycles. The molecule has 0 saturated heterocycles. The van der Waals surface area contributed by atoms with Crippen molar-refractivity contribution in [2.24, 2.45) is 0 Å². The van der Waals surface area contributed by atoms with E-state index in [4.69, 9.17) is 4.42 Å². The zero-order chi connectivity index (χ0) is 18.2. The van der Waals surface area contributed by atoms with Crippen LogP contribution in [0, 0.1) is 0 Å². The van der Waals surface area contributed by atoms with Crippen LogP contribution in [0.5, 0.6) is 5.75 Å². The Morgan fingerprint density at radius 2 is 1.48 bits per heavy atom. The Morgan fingerprint density at radius 1 is 0.741 bits per heavy atom. The first-order valence-electron chi connectivity index (χ1n) is 8.35. The Hall–Kier alpha value is -3.51. The minimum atomic E-state index is 0.160. The maximum Gasteiger partial charge on any atom is 0.248 e. The summed E-state index contributed by atoms with van der Waals surface area (Å²) < 4.78 is 6.93. The smallest absolute Gasteiger partial charge is 0.248 e. The molecule has 0 atom stereocenters. The summed E-state index contributed by atoms with van der Waals surface area (Å²) in [6, 6.07) is 22.8. The zero-order valence-electron chi connectivity index (χ0n) is 14.0. The molecule has 5 nitrogen and oxygen atoms in total. The first-order valence-corrected chi connectivity index (χ1v) is 9.17. The molecule has 0 fully saturated rings. The third kappa shape index (κ3) is 2.96. The summed E-state index contributed by atoms with van der Waals surface area (Å²) in [5.74, 6) is 0.966. The highest BCUT2D eigenvalue weighted by molar-refractivity contribution is 7.21. The highest BCUT2D eigenvalue weighted by Crippen LogP contribution is 2.32. The molecule has 130 valence electrons. The molecule has 0 saturated carbocycles. The van der Waals surface area contributed by atoms with E-state index in [9.17, 15) is 5.11 Å². The van der Waals surface area contributed by atoms with Crippen LogP contribution in [0.2, 0.25) is 0 Å². The Morgan fingerprint density at radius 3 is 2.26 bits per heavy atom. The van der Waals surface area contributed by atoms with E-state index in [2.05, 4.69) is 21.2 Å². The number of benzene rings is 3. The van der Waals surface area contributed by atoms with E-state index in [0.29, 0.717) is 17.3 Å². The van der Waals surface area contributed by atoms with Gasteiger partial charge in [0.25, 0.3) is 0 Å². The van der Waals surface area contributed by atoms with Gasteiger partial charge in [-0.1, -0.05) is 30.3 Å². The minimum Gasteiger partial charge on any atom is -0.508 e. The van der Waals surface area contributed by atoms with Crippen LogP contribution in [0.4, 0.5) is 0 Å². The SMILES string of the molecule is Oc1cccc(-c2nnc(-c3ccc(-c4nc5ccccc5s4)cc3)o2)c1. The second kappa shape index (κ2) is 6.34. The van der Waals surface area contributed by atoms with Gasteiger partial charge in [0, 0.05) is 16.7 Å². The molecule has 0 radical (unpaired) electrons. The van der Waals surface area contributed by atoms with Gasteiger partial charge in [0.1, 0.15) is 10.8 Å². The molecule has 5 rings (SSSR count). The topological polar surface area (TPSA) is 72.0 Å². The lowest BCUT2D eigenvalue weighted by atomic mass is 10.1. The summed E-state index contributed by atoms with van der Waals surface area (Å²) in [7, 11) is 0. The molecule has 0 unspecified atom stereocenters. The molecular weight excluding hydrogens is 358 g/mol. The molecule has 0 aliphatic carbocycles. The fraction of sp³-hybridized carbons (Fsp3) is 0. The van der Waals surface area contributed by atoms with Gasteiger partial charge in [0.2, 0.25) is 11.8 Å². The van der Waals surface area contributed by atoms with Crippen molar-refractivity contribution < 1.29 is 9.52 Å². The van der Waals surface area contributed by atoms with Crippen LogP contribution in [0.3, 0.4) is 0 Å². The number of fused-ring (bicyclic) bond motifs is 1. The highest BCUT2D eigenvalue weighted by Gasteiger charge is 2.12. The maximum absolute atomic E-state index is 9.59. The molecule has 2 heterocycles. The normalized spacial score (nSPS) is 11.1. The van der Waals surface area contributed by atoms with E-state index in [-0.39, 0.29) is 5.75 Å². The van der Waals surface area contributed by atoms with Crippen LogP contribution in [-0.4, -0.2) is 20.3 Å². The number of phenolic OH excluding ortho intramolecular Hbond substituents is 1. The Bertz CT molecular complexity index is 1210. The van der Waals surface area contributed by atoms with Crippen LogP contribution in [-0.2, 0) is 0 Å². The van der Waals surface area contributed by atoms with Crippen LogP contribution in [0.1, 0.15) is 0 Å². The summed E-state index contributed by atoms with van der Waals surface area (Å²) in [5, 5.41) is 18.8. The van der Waals surface area contributed by atoms with Crippen LogP contribution >= 0.6 is 11.3 Å². The quantitative estimate of drug-likeness (QED) is 0.461. The van der Waals surface area contributed by atoms with E-state index in [0.717, 1.165) is 21.7 Å². The summed E-state index contributed by atoms with van der Waals surface area (Å²) in [6.45, 7) is 0. The second-order valence-corrected chi connectivity index (χ2v) is 7.06. The van der Waals surface area contributed by atoms with Crippen molar-refractivity contribution in [1.82, 2.24) is 15.2 Å². The molecule has 3 aromatic carbocycles. The van der Waals surface area contributed by atoms with Gasteiger partial charge in [-0.3, -0.25) is 0 Å². The van der Waals surface area contributed by atoms with Gasteiger partial charge in [-0.15, -0.1) is 21.5 Å². The standard InChI is InChI=1S/C21H13N3O2S/c25-16-5-3-4-15(12-16)20-24-23-19(26-20)13-8-10-14(11-9-13)21-22-17-6-1-2-7-18(17)27-21/h1-12,25H. The molecule has 0 bridgehead atoms. The van der Waals surface area contributed by atoms with E-state index < -0.39 is 0 Å². The molecule has 6 heteroatoms. The van der Waals surface area contributed by atoms with E-state index in [1.165, 1.54) is 4.70 Å². The fourth-order valence-corrected chi connectivity index (χ4v) is 3.82. The molecule has 0 aliphatic rings. The van der Waals surface area contributed by atoms with Gasteiger partial charge >= 0.3 is 0 Å². The number of para-hydroxylation sites is 1. The second-order valence-electron chi connectivity index (χ2n) is 6.03. The molecule has 1 N–H and O–H groups in total. The molecule has 2 aromatic heterocycles. The van der Waals surface area contributed by atoms with Gasteiger partial charge in [0.15, 0.2) is 0 Å². The number of hydrogen-bond acceptors (Lipinski definition) is 6. The Balaban J connectivity index is 1.45. The Kier molecular flexibility index (Phi) is 3.69. The first kappa shape index (κ1) is 15.7. The van der Waals surface area contributed by atoms with Crippen molar-refractivity contribution >= 4 is 21.6 Å². The van der Waals surface area contributed by atoms with Crippen LogP contribution in [0.15, 0.2) is 77.2 Å². The number of nitrogens with zero attached hydrogens (tertiary/aromatic N) is 3. The van der Waals surface area contributed by atoms with Gasteiger partial charge in [-0.2, -0.15) is 0 Å². The fourth-order valence-electron chi connectivity index (χ4n) is 2.85. The number of aromatic nitrogens is 3. The van der Waals surface area contributed by atoms with Gasteiger partial charge < -0.3 is 9.52 Å². The first-order chi connectivity index (χ1) is 13.3. The summed E-state index contributed by atoms with van der Waals surface area (Å²) in [6.07, 6.45) is 0. The molecule has 0 spiro atoms. The van der Waals surface area contributed by atoms with Gasteiger partial charge in [0.05, 0.1) is 10.2 Å². The third-order valence-corrected chi connectivity index (χ3v) is 5.28. The van der Waals surface area contributed by atoms with Crippen molar-refractivity contribution in [3.63, 3.8) is 0 Å². The third-order valence-electron chi connectivity index (χ3n) is 4.19. The van der Waals surface area contributed by atoms with Crippen LogP contribution in [0.25, 0.3) is 43.7 Å². The van der Waals surface area contributed by atoms with Crippen LogP contribution < -0.4 is 0 Å². The van der Waals surface area contributed by atoms with Crippen molar-refractivity contribution in [3.05, 3.63) is 72.8 Å². The Labute approximate surface area is 158 Å². The number of phenols is 1. The zero-order valence-corrected chi connectivity index (χ0v) is 14.9. The predicted molar refractivity (Wildman–Crippen MR) is 105 cm³/mol. The van der Waals surface area contributed by atoms with Crippen molar-refractivity contribution in [1.29, 1.82) is 0 Å². The maximum atomic E-state index is 9.59. The number of aromatic hydroxyl groups is 1. The monoisotopic (exact) mass is 371 g/mol. The van der Waals surface area contributed by atoms with E-state index in [1.807, 2.05) is 48.5 Å². The van der Waals surface area contributed by atoms with Crippen molar-refractivity contribution in [3.8, 4) is 39.2 Å². The average molecular weight is 371 g/mol. The molecular formula is C21H13N3O2S. The average Bonchev–Trinajstić information content (AvgIpc) is 3.35. The number of thiazole rings is 1. The lowest BCUT2D eigenvalue weighted by Crippen LogP contribution is -1.80. The summed E-state index contributed by atoms with van der Waals surface area (Å²) in [4.78, 5) is 4.68. The predicted octanol–water partition coefficient (Wildman–Crippen LogP) is 5.39. The van der Waals surface area contributed by atoms with E-state index >= 15 is 0 Å². The summed E-state index contributed by atoms with van der Waals surface area (Å²) >= 11 is 1.67. The number of hydrogen-bond donors (Lipinski definition) is 1. The van der Waals surface area contributed by atoms with Crippen molar-refractivity contribution in [2.75, 3.05) is 0 Å². The largest absolute Gasteiger partial charge is 0.508 e.